The Bertz CT molecular complexity index is 665. The summed E-state index contributed by atoms with van der Waals surface area (Å²) in [6, 6.07) is 10.4. The monoisotopic (exact) mass is 282 g/mol. The molecule has 1 aliphatic rings. The number of fused-ring (bicyclic) bond motifs is 1. The van der Waals surface area contributed by atoms with Gasteiger partial charge in [-0.05, 0) is 56.5 Å². The highest BCUT2D eigenvalue weighted by molar-refractivity contribution is 5.44. The van der Waals surface area contributed by atoms with Crippen molar-refractivity contribution in [2.24, 2.45) is 0 Å². The van der Waals surface area contributed by atoms with E-state index in [4.69, 9.17) is 4.74 Å². The minimum Gasteiger partial charge on any atom is -0.485 e. The topological polar surface area (TPSA) is 29.5 Å². The molecule has 21 heavy (non-hydrogen) atoms. The van der Waals surface area contributed by atoms with Crippen LogP contribution in [0, 0.1) is 27.7 Å². The highest BCUT2D eigenvalue weighted by atomic mass is 16.5. The first kappa shape index (κ1) is 14.2. The van der Waals surface area contributed by atoms with Crippen LogP contribution < -0.4 is 4.74 Å². The third kappa shape index (κ3) is 2.56. The van der Waals surface area contributed by atoms with Gasteiger partial charge >= 0.3 is 0 Å². The predicted molar refractivity (Wildman–Crippen MR) is 84.8 cm³/mol. The smallest absolute Gasteiger partial charge is 0.127 e. The molecule has 2 aromatic rings. The van der Waals surface area contributed by atoms with Crippen LogP contribution in [0.5, 0.6) is 5.75 Å². The molecular formula is C19H22O2. The Morgan fingerprint density at radius 3 is 2.29 bits per heavy atom. The summed E-state index contributed by atoms with van der Waals surface area (Å²) in [5.74, 6) is 0.809. The van der Waals surface area contributed by atoms with Gasteiger partial charge in [0.25, 0.3) is 0 Å². The van der Waals surface area contributed by atoms with E-state index in [2.05, 4.69) is 32.9 Å². The molecule has 2 heteroatoms. The van der Waals surface area contributed by atoms with Gasteiger partial charge in [-0.1, -0.05) is 29.3 Å². The minimum absolute atomic E-state index is 0.0733. The van der Waals surface area contributed by atoms with Crippen molar-refractivity contribution >= 4 is 0 Å². The van der Waals surface area contributed by atoms with E-state index in [1.807, 2.05) is 25.1 Å². The summed E-state index contributed by atoms with van der Waals surface area (Å²) in [4.78, 5) is 0. The van der Waals surface area contributed by atoms with Gasteiger partial charge in [-0.2, -0.15) is 0 Å². The standard InChI is InChI=1S/C19H22O2/c1-11-5-6-17-15(9-11)16(20)10-18(21-17)19-13(3)7-12(2)8-14(19)4/h5-9,16,18,20H,10H2,1-4H3. The normalized spacial score (nSPS) is 20.8. The lowest BCUT2D eigenvalue weighted by molar-refractivity contribution is 0.0651. The quantitative estimate of drug-likeness (QED) is 0.835. The summed E-state index contributed by atoms with van der Waals surface area (Å²) in [6.07, 6.45) is 0.0795. The minimum atomic E-state index is -0.459. The van der Waals surface area contributed by atoms with Crippen molar-refractivity contribution in [1.82, 2.24) is 0 Å². The fraction of sp³-hybridized carbons (Fsp3) is 0.368. The van der Waals surface area contributed by atoms with E-state index in [9.17, 15) is 5.11 Å². The van der Waals surface area contributed by atoms with E-state index >= 15 is 0 Å². The molecule has 2 nitrogen and oxygen atoms in total. The van der Waals surface area contributed by atoms with Gasteiger partial charge in [0.15, 0.2) is 0 Å². The van der Waals surface area contributed by atoms with Gasteiger partial charge in [0.2, 0.25) is 0 Å². The molecule has 0 amide bonds. The molecule has 0 radical (unpaired) electrons. The lowest BCUT2D eigenvalue weighted by Crippen LogP contribution is -2.20. The lowest BCUT2D eigenvalue weighted by Gasteiger charge is -2.32. The molecule has 110 valence electrons. The van der Waals surface area contributed by atoms with Crippen LogP contribution in [0.3, 0.4) is 0 Å². The highest BCUT2D eigenvalue weighted by Crippen LogP contribution is 2.42. The predicted octanol–water partition coefficient (Wildman–Crippen LogP) is 4.48. The molecule has 3 rings (SSSR count). The fourth-order valence-corrected chi connectivity index (χ4v) is 3.44. The first-order valence-electron chi connectivity index (χ1n) is 7.48. The summed E-state index contributed by atoms with van der Waals surface area (Å²) in [6.45, 7) is 8.39. The van der Waals surface area contributed by atoms with Crippen LogP contribution in [0.2, 0.25) is 0 Å². The second kappa shape index (κ2) is 5.19. The summed E-state index contributed by atoms with van der Waals surface area (Å²) in [5, 5.41) is 10.5. The number of aliphatic hydroxyl groups excluding tert-OH is 1. The highest BCUT2D eigenvalue weighted by Gasteiger charge is 2.29. The molecule has 0 aromatic heterocycles. The summed E-state index contributed by atoms with van der Waals surface area (Å²) in [5.41, 5.74) is 7.01. The van der Waals surface area contributed by atoms with Crippen LogP contribution in [0.15, 0.2) is 30.3 Å². The molecule has 0 aliphatic carbocycles. The van der Waals surface area contributed by atoms with Gasteiger partial charge < -0.3 is 9.84 Å². The van der Waals surface area contributed by atoms with E-state index < -0.39 is 6.10 Å². The average molecular weight is 282 g/mol. The molecule has 2 aromatic carbocycles. The number of ether oxygens (including phenoxy) is 1. The zero-order chi connectivity index (χ0) is 15.1. The Morgan fingerprint density at radius 1 is 0.952 bits per heavy atom. The first-order valence-corrected chi connectivity index (χ1v) is 7.48. The Morgan fingerprint density at radius 2 is 1.62 bits per heavy atom. The van der Waals surface area contributed by atoms with Crippen molar-refractivity contribution < 1.29 is 9.84 Å². The van der Waals surface area contributed by atoms with Crippen LogP contribution >= 0.6 is 0 Å². The van der Waals surface area contributed by atoms with Crippen molar-refractivity contribution in [2.45, 2.75) is 46.3 Å². The molecule has 0 saturated heterocycles. The Kier molecular flexibility index (Phi) is 3.50. The van der Waals surface area contributed by atoms with Crippen LogP contribution in [-0.4, -0.2) is 5.11 Å². The maximum Gasteiger partial charge on any atom is 0.127 e. The second-order valence-corrected chi connectivity index (χ2v) is 6.21. The lowest BCUT2D eigenvalue weighted by atomic mass is 9.89. The molecule has 1 N–H and O–H groups in total. The molecule has 0 spiro atoms. The largest absolute Gasteiger partial charge is 0.485 e. The zero-order valence-electron chi connectivity index (χ0n) is 13.1. The Hall–Kier alpha value is -1.80. The van der Waals surface area contributed by atoms with Gasteiger partial charge in [-0.3, -0.25) is 0 Å². The van der Waals surface area contributed by atoms with Gasteiger partial charge in [0, 0.05) is 12.0 Å². The molecule has 1 heterocycles. The summed E-state index contributed by atoms with van der Waals surface area (Å²) in [7, 11) is 0. The van der Waals surface area contributed by atoms with Crippen molar-refractivity contribution in [2.75, 3.05) is 0 Å². The first-order chi connectivity index (χ1) is 9.95. The van der Waals surface area contributed by atoms with Crippen LogP contribution in [0.1, 0.15) is 52.0 Å². The fourth-order valence-electron chi connectivity index (χ4n) is 3.44. The van der Waals surface area contributed by atoms with Gasteiger partial charge in [-0.25, -0.2) is 0 Å². The van der Waals surface area contributed by atoms with Gasteiger partial charge in [-0.15, -0.1) is 0 Å². The Labute approximate surface area is 126 Å². The van der Waals surface area contributed by atoms with E-state index in [0.29, 0.717) is 6.42 Å². The van der Waals surface area contributed by atoms with Crippen molar-refractivity contribution in [3.05, 3.63) is 63.7 Å². The van der Waals surface area contributed by atoms with E-state index in [1.165, 1.54) is 22.3 Å². The average Bonchev–Trinajstić information content (AvgIpc) is 2.38. The zero-order valence-corrected chi connectivity index (χ0v) is 13.1. The van der Waals surface area contributed by atoms with Crippen molar-refractivity contribution in [1.29, 1.82) is 0 Å². The SMILES string of the molecule is Cc1cc(C)c(C2CC(O)c3cc(C)ccc3O2)c(C)c1. The summed E-state index contributed by atoms with van der Waals surface area (Å²) >= 11 is 0. The number of aliphatic hydroxyl groups is 1. The number of aryl methyl sites for hydroxylation is 4. The number of benzene rings is 2. The molecule has 1 aliphatic heterocycles. The number of hydrogen-bond acceptors (Lipinski definition) is 2. The Balaban J connectivity index is 2.02. The van der Waals surface area contributed by atoms with Crippen molar-refractivity contribution in [3.8, 4) is 5.75 Å². The van der Waals surface area contributed by atoms with Crippen LogP contribution in [0.4, 0.5) is 0 Å². The van der Waals surface area contributed by atoms with Gasteiger partial charge in [0.1, 0.15) is 11.9 Å². The van der Waals surface area contributed by atoms with Crippen molar-refractivity contribution in [3.63, 3.8) is 0 Å². The third-order valence-corrected chi connectivity index (χ3v) is 4.29. The van der Waals surface area contributed by atoms with Gasteiger partial charge in [0.05, 0.1) is 6.10 Å². The summed E-state index contributed by atoms with van der Waals surface area (Å²) < 4.78 is 6.18. The molecule has 0 saturated carbocycles. The van der Waals surface area contributed by atoms with E-state index in [-0.39, 0.29) is 6.10 Å². The molecular weight excluding hydrogens is 260 g/mol. The maximum absolute atomic E-state index is 10.5. The third-order valence-electron chi connectivity index (χ3n) is 4.29. The van der Waals surface area contributed by atoms with E-state index in [1.54, 1.807) is 0 Å². The second-order valence-electron chi connectivity index (χ2n) is 6.21. The molecule has 2 unspecified atom stereocenters. The number of rotatable bonds is 1. The molecule has 2 atom stereocenters. The maximum atomic E-state index is 10.5. The van der Waals surface area contributed by atoms with Crippen LogP contribution in [0.25, 0.3) is 0 Å². The molecule has 0 fully saturated rings. The van der Waals surface area contributed by atoms with Crippen LogP contribution in [-0.2, 0) is 0 Å². The molecule has 0 bridgehead atoms. The number of hydrogen-bond donors (Lipinski definition) is 1. The van der Waals surface area contributed by atoms with E-state index in [0.717, 1.165) is 16.9 Å².